The summed E-state index contributed by atoms with van der Waals surface area (Å²) in [6.07, 6.45) is 23.1. The summed E-state index contributed by atoms with van der Waals surface area (Å²) in [6, 6.07) is 3.45. The van der Waals surface area contributed by atoms with Crippen LogP contribution in [-0.2, 0) is 9.59 Å². The third kappa shape index (κ3) is 13.2. The Bertz CT molecular complexity index is 2090. The quantitative estimate of drug-likeness (QED) is 0.0392. The maximum atomic E-state index is 12.5. The number of hydrogen-bond acceptors (Lipinski definition) is 7. The highest BCUT2D eigenvalue weighted by Gasteiger charge is 2.26. The minimum absolute atomic E-state index is 0.0619. The van der Waals surface area contributed by atoms with Gasteiger partial charge in [0.1, 0.15) is 16.9 Å². The van der Waals surface area contributed by atoms with Crippen LogP contribution in [0.1, 0.15) is 102 Å². The van der Waals surface area contributed by atoms with E-state index >= 15 is 0 Å². The summed E-state index contributed by atoms with van der Waals surface area (Å²) < 4.78 is 11.5. The Morgan fingerprint density at radius 1 is 0.750 bits per heavy atom. The van der Waals surface area contributed by atoms with Gasteiger partial charge in [0.25, 0.3) is 0 Å². The third-order valence-corrected chi connectivity index (χ3v) is 10.5. The van der Waals surface area contributed by atoms with E-state index in [2.05, 4.69) is 67.2 Å². The van der Waals surface area contributed by atoms with Crippen LogP contribution in [0.25, 0.3) is 28.0 Å². The van der Waals surface area contributed by atoms with Crippen molar-refractivity contribution >= 4 is 39.8 Å². The van der Waals surface area contributed by atoms with Crippen molar-refractivity contribution in [3.05, 3.63) is 110 Å². The number of fused-ring (bicyclic) bond motifs is 2. The number of carbonyl (C=O) groups is 2. The first-order chi connectivity index (χ1) is 26.8. The lowest BCUT2D eigenvalue weighted by Gasteiger charge is -2.32. The monoisotopic (exact) mass is 764 g/mol. The Kier molecular flexibility index (Phi) is 16.9. The van der Waals surface area contributed by atoms with Crippen molar-refractivity contribution in [2.45, 2.75) is 100 Å². The predicted molar refractivity (Wildman–Crippen MR) is 232 cm³/mol. The average Bonchev–Trinajstić information content (AvgIpc) is 3.45. The largest absolute Gasteiger partial charge is 0.460 e. The van der Waals surface area contributed by atoms with Gasteiger partial charge in [-0.25, -0.2) is 4.79 Å². The van der Waals surface area contributed by atoms with Gasteiger partial charge >= 0.3 is 5.63 Å². The summed E-state index contributed by atoms with van der Waals surface area (Å²) in [4.78, 5) is 36.8. The van der Waals surface area contributed by atoms with Crippen molar-refractivity contribution in [2.75, 3.05) is 39.3 Å². The maximum Gasteiger partial charge on any atom is 0.336 e. The van der Waals surface area contributed by atoms with Crippen molar-refractivity contribution in [3.63, 3.8) is 0 Å². The van der Waals surface area contributed by atoms with Crippen molar-refractivity contribution < 1.29 is 18.4 Å². The molecule has 0 bridgehead atoms. The van der Waals surface area contributed by atoms with Crippen molar-refractivity contribution in [1.29, 1.82) is 0 Å². The Hall–Kier alpha value is -4.73. The molecule has 4 N–H and O–H groups in total. The molecule has 1 aliphatic carbocycles. The first kappa shape index (κ1) is 44.0. The minimum atomic E-state index is -0.384. The van der Waals surface area contributed by atoms with E-state index in [1.54, 1.807) is 12.2 Å². The highest BCUT2D eigenvalue weighted by Crippen LogP contribution is 2.41. The lowest BCUT2D eigenvalue weighted by atomic mass is 9.72. The fraction of sp³-hybridized carbons (Fsp3) is 0.468. The molecule has 4 rings (SSSR count). The van der Waals surface area contributed by atoms with E-state index in [1.807, 2.05) is 45.9 Å². The number of hydrogen-bond donors (Lipinski definition) is 4. The number of rotatable bonds is 20. The predicted octanol–water partition coefficient (Wildman–Crippen LogP) is 8.98. The van der Waals surface area contributed by atoms with Crippen LogP contribution in [0.5, 0.6) is 0 Å². The Morgan fingerprint density at radius 3 is 2.07 bits per heavy atom. The number of furan rings is 1. The van der Waals surface area contributed by atoms with E-state index in [4.69, 9.17) is 8.83 Å². The Labute approximate surface area is 333 Å². The number of amides is 2. The van der Waals surface area contributed by atoms with Gasteiger partial charge in [0.2, 0.25) is 11.8 Å². The van der Waals surface area contributed by atoms with E-state index < -0.39 is 0 Å². The molecule has 0 aliphatic heterocycles. The zero-order chi connectivity index (χ0) is 40.7. The number of unbranched alkanes of at least 4 members (excludes halogenated alkanes) is 1. The highest BCUT2D eigenvalue weighted by molar-refractivity contribution is 6.03. The molecule has 9 heteroatoms. The first-order valence-electron chi connectivity index (χ1n) is 20.3. The first-order valence-corrected chi connectivity index (χ1v) is 20.3. The molecule has 302 valence electrons. The summed E-state index contributed by atoms with van der Waals surface area (Å²) in [5, 5.41) is 14.6. The summed E-state index contributed by atoms with van der Waals surface area (Å²) in [5.41, 5.74) is 8.56. The van der Waals surface area contributed by atoms with Crippen LogP contribution >= 0.6 is 0 Å². The minimum Gasteiger partial charge on any atom is -0.460 e. The lowest BCUT2D eigenvalue weighted by molar-refractivity contribution is -0.117. The highest BCUT2D eigenvalue weighted by atomic mass is 16.4. The van der Waals surface area contributed by atoms with E-state index in [-0.39, 0.29) is 22.9 Å². The molecule has 56 heavy (non-hydrogen) atoms. The molecular weight excluding hydrogens is 701 g/mol. The molecule has 0 unspecified atom stereocenters. The van der Waals surface area contributed by atoms with Crippen molar-refractivity contribution in [1.82, 2.24) is 21.3 Å². The summed E-state index contributed by atoms with van der Waals surface area (Å²) in [5.74, 6) is 0.480. The lowest BCUT2D eigenvalue weighted by Crippen LogP contribution is -2.27. The van der Waals surface area contributed by atoms with Gasteiger partial charge in [-0.2, -0.15) is 0 Å². The number of benzene rings is 1. The number of carbonyl (C=O) groups excluding carboxylic acids is 2. The second-order valence-corrected chi connectivity index (χ2v) is 15.8. The van der Waals surface area contributed by atoms with Crippen LogP contribution < -0.4 is 26.9 Å². The van der Waals surface area contributed by atoms with Crippen LogP contribution in [0, 0.1) is 26.2 Å². The zero-order valence-corrected chi connectivity index (χ0v) is 35.0. The number of allylic oxidation sites excluding steroid dienone is 9. The van der Waals surface area contributed by atoms with Gasteiger partial charge in [0, 0.05) is 53.2 Å². The number of aryl methyl sites for hydroxylation is 3. The zero-order valence-electron chi connectivity index (χ0n) is 35.0. The van der Waals surface area contributed by atoms with Crippen molar-refractivity contribution in [3.8, 4) is 0 Å². The molecular formula is C47H64N4O5. The SMILES string of the molecule is CC1=C(/C=C/C(C)=C/C=C/C(C)=C/C(=O)NCCCNCCCCNCCCNC(=O)/C=C/c2c(C)oc3c(C)c4oc(=O)cc(C)c4cc23)C(C)(C)CCC1. The molecule has 1 aliphatic rings. The second kappa shape index (κ2) is 21.5. The third-order valence-electron chi connectivity index (χ3n) is 10.5. The fourth-order valence-electron chi connectivity index (χ4n) is 7.28. The van der Waals surface area contributed by atoms with Gasteiger partial charge in [0.15, 0.2) is 0 Å². The van der Waals surface area contributed by atoms with Crippen molar-refractivity contribution in [2.24, 2.45) is 5.41 Å². The molecule has 0 saturated carbocycles. The second-order valence-electron chi connectivity index (χ2n) is 15.8. The van der Waals surface area contributed by atoms with Crippen LogP contribution in [0.15, 0.2) is 90.6 Å². The molecule has 0 atom stereocenters. The molecule has 3 aromatic rings. The molecule has 0 saturated heterocycles. The molecule has 2 heterocycles. The van der Waals surface area contributed by atoms with Gasteiger partial charge in [-0.3, -0.25) is 9.59 Å². The molecule has 2 amide bonds. The summed E-state index contributed by atoms with van der Waals surface area (Å²) in [7, 11) is 0. The molecule has 0 radical (unpaired) electrons. The van der Waals surface area contributed by atoms with E-state index in [9.17, 15) is 14.4 Å². The smallest absolute Gasteiger partial charge is 0.336 e. The van der Waals surface area contributed by atoms with Crippen LogP contribution in [0.3, 0.4) is 0 Å². The molecule has 0 fully saturated rings. The Morgan fingerprint density at radius 2 is 1.39 bits per heavy atom. The topological polar surface area (TPSA) is 126 Å². The summed E-state index contributed by atoms with van der Waals surface area (Å²) in [6.45, 7) is 21.4. The average molecular weight is 765 g/mol. The molecule has 2 aromatic heterocycles. The Balaban J connectivity index is 1.01. The fourth-order valence-corrected chi connectivity index (χ4v) is 7.28. The van der Waals surface area contributed by atoms with E-state index in [0.717, 1.165) is 84.9 Å². The van der Waals surface area contributed by atoms with Gasteiger partial charge in [-0.15, -0.1) is 0 Å². The van der Waals surface area contributed by atoms with E-state index in [1.165, 1.54) is 48.1 Å². The van der Waals surface area contributed by atoms with Gasteiger partial charge in [0.05, 0.1) is 0 Å². The number of nitrogens with one attached hydrogen (secondary N) is 4. The van der Waals surface area contributed by atoms with Gasteiger partial charge in [-0.05, 0) is 147 Å². The molecule has 9 nitrogen and oxygen atoms in total. The van der Waals surface area contributed by atoms with E-state index in [0.29, 0.717) is 30.0 Å². The molecule has 0 spiro atoms. The summed E-state index contributed by atoms with van der Waals surface area (Å²) >= 11 is 0. The van der Waals surface area contributed by atoms with Crippen LogP contribution in [0.4, 0.5) is 0 Å². The standard InChI is InChI=1S/C47H64N4O5/c1-32(18-20-41-34(3)17-12-22-47(41,7)8)15-11-16-33(2)29-43(53)51-28-14-26-49-24-10-9-23-48-25-13-27-50-42(52)21-19-38-37(6)55-46-36(5)45-39(31-40(38)46)35(4)30-44(54)56-45/h11,15-16,18-21,29-31,48-49H,9-10,12-14,17,22-28H2,1-8H3,(H,50,52)(H,51,53)/b16-11+,20-18+,21-19+,32-15+,33-29+. The normalized spacial score (nSPS) is 15.4. The van der Waals surface area contributed by atoms with Crippen LogP contribution in [0.2, 0.25) is 0 Å². The molecule has 1 aromatic carbocycles. The van der Waals surface area contributed by atoms with Gasteiger partial charge < -0.3 is 30.1 Å². The van der Waals surface area contributed by atoms with Crippen LogP contribution in [-0.4, -0.2) is 51.1 Å². The maximum absolute atomic E-state index is 12.5. The van der Waals surface area contributed by atoms with Gasteiger partial charge in [-0.1, -0.05) is 55.4 Å².